The van der Waals surface area contributed by atoms with E-state index in [9.17, 15) is 18.3 Å². The summed E-state index contributed by atoms with van der Waals surface area (Å²) in [5.41, 5.74) is 6.70. The Morgan fingerprint density at radius 2 is 1.97 bits per heavy atom. The summed E-state index contributed by atoms with van der Waals surface area (Å²) in [6.07, 6.45) is 3.87. The van der Waals surface area contributed by atoms with Gasteiger partial charge < -0.3 is 25.3 Å². The minimum absolute atomic E-state index is 0.0322. The monoisotopic (exact) mass is 561 g/mol. The molecule has 4 N–H and O–H groups in total. The predicted octanol–water partition coefficient (Wildman–Crippen LogP) is 5.22. The van der Waals surface area contributed by atoms with Gasteiger partial charge in [-0.2, -0.15) is 13.2 Å². The molecular formula is C27H31ClF3N7O. The van der Waals surface area contributed by atoms with Crippen molar-refractivity contribution in [3.05, 3.63) is 47.1 Å². The summed E-state index contributed by atoms with van der Waals surface area (Å²) < 4.78 is 41.5. The third-order valence-electron chi connectivity index (χ3n) is 8.59. The molecule has 2 fully saturated rings. The topological polar surface area (TPSA) is 109 Å². The van der Waals surface area contributed by atoms with Crippen molar-refractivity contribution in [3.8, 4) is 0 Å². The molecule has 2 aliphatic rings. The molecule has 1 aromatic carbocycles. The first kappa shape index (κ1) is 26.3. The second kappa shape index (κ2) is 9.94. The number of imidazole rings is 1. The summed E-state index contributed by atoms with van der Waals surface area (Å²) in [5.74, 6) is 2.07. The van der Waals surface area contributed by atoms with Gasteiger partial charge in [0.2, 0.25) is 0 Å². The molecule has 0 unspecified atom stereocenters. The minimum atomic E-state index is -4.50. The number of H-pyrrole nitrogens is 1. The normalized spacial score (nSPS) is 25.7. The Morgan fingerprint density at radius 3 is 2.74 bits per heavy atom. The molecule has 0 radical (unpaired) electrons. The fraction of sp³-hybridized carbons (Fsp3) is 0.519. The number of halogens is 4. The number of aromatic amines is 1. The Morgan fingerprint density at radius 1 is 1.18 bits per heavy atom. The van der Waals surface area contributed by atoms with Crippen molar-refractivity contribution in [2.45, 2.75) is 62.9 Å². The number of fused-ring (bicyclic) bond motifs is 2. The van der Waals surface area contributed by atoms with Crippen LogP contribution in [0.2, 0.25) is 5.02 Å². The van der Waals surface area contributed by atoms with Gasteiger partial charge in [0.15, 0.2) is 0 Å². The zero-order valence-corrected chi connectivity index (χ0v) is 22.3. The largest absolute Gasteiger partial charge is 0.417 e. The van der Waals surface area contributed by atoms with Gasteiger partial charge >= 0.3 is 6.18 Å². The second-order valence-corrected chi connectivity index (χ2v) is 11.6. The summed E-state index contributed by atoms with van der Waals surface area (Å²) in [5, 5.41) is 11.3. The van der Waals surface area contributed by atoms with Crippen LogP contribution in [-0.2, 0) is 12.6 Å². The molecule has 3 atom stereocenters. The van der Waals surface area contributed by atoms with Crippen LogP contribution in [0.3, 0.4) is 0 Å². The number of nitrogens with one attached hydrogen (secondary N) is 1. The Kier molecular flexibility index (Phi) is 6.71. The third-order valence-corrected chi connectivity index (χ3v) is 8.90. The molecule has 3 aromatic heterocycles. The molecule has 0 amide bonds. The summed E-state index contributed by atoms with van der Waals surface area (Å²) in [6, 6.07) is 4.69. The van der Waals surface area contributed by atoms with Crippen LogP contribution >= 0.6 is 11.6 Å². The van der Waals surface area contributed by atoms with Crippen molar-refractivity contribution in [1.82, 2.24) is 29.4 Å². The summed E-state index contributed by atoms with van der Waals surface area (Å²) >= 11 is 5.83. The number of alkyl halides is 3. The van der Waals surface area contributed by atoms with Crippen molar-refractivity contribution < 1.29 is 18.3 Å². The van der Waals surface area contributed by atoms with E-state index >= 15 is 0 Å². The number of nitrogens with zero attached hydrogens (tertiary/aromatic N) is 5. The summed E-state index contributed by atoms with van der Waals surface area (Å²) in [4.78, 5) is 18.3. The number of nitrogen functional groups attached to an aromatic ring is 1. The van der Waals surface area contributed by atoms with Crippen LogP contribution in [0.5, 0.6) is 0 Å². The van der Waals surface area contributed by atoms with Crippen molar-refractivity contribution >= 4 is 39.5 Å². The van der Waals surface area contributed by atoms with Crippen LogP contribution < -0.4 is 5.73 Å². The number of hydrogen-bond donors (Lipinski definition) is 3. The lowest BCUT2D eigenvalue weighted by molar-refractivity contribution is -0.137. The molecule has 0 saturated heterocycles. The maximum absolute atomic E-state index is 13.1. The Balaban J connectivity index is 0.998. The van der Waals surface area contributed by atoms with Crippen molar-refractivity contribution in [1.29, 1.82) is 0 Å². The molecule has 8 nitrogen and oxygen atoms in total. The molecule has 0 bridgehead atoms. The molecule has 39 heavy (non-hydrogen) atoms. The number of anilines is 1. The zero-order chi connectivity index (χ0) is 27.5. The average Bonchev–Trinajstić information content (AvgIpc) is 3.53. The van der Waals surface area contributed by atoms with Gasteiger partial charge in [-0.25, -0.2) is 15.0 Å². The number of aliphatic hydroxyl groups excluding tert-OH is 1. The number of rotatable bonds is 7. The molecular weight excluding hydrogens is 531 g/mol. The van der Waals surface area contributed by atoms with Gasteiger partial charge in [0.1, 0.15) is 23.6 Å². The van der Waals surface area contributed by atoms with Gasteiger partial charge in [-0.05, 0) is 69.2 Å². The summed E-state index contributed by atoms with van der Waals surface area (Å²) in [7, 11) is 2.15. The first-order valence-corrected chi connectivity index (χ1v) is 13.6. The first-order chi connectivity index (χ1) is 18.6. The van der Waals surface area contributed by atoms with Gasteiger partial charge in [-0.15, -0.1) is 0 Å². The van der Waals surface area contributed by atoms with Crippen LogP contribution in [0, 0.1) is 11.8 Å². The van der Waals surface area contributed by atoms with E-state index in [4.69, 9.17) is 17.3 Å². The molecule has 6 rings (SSSR count). The van der Waals surface area contributed by atoms with Crippen LogP contribution in [-0.4, -0.2) is 60.2 Å². The molecule has 208 valence electrons. The lowest BCUT2D eigenvalue weighted by Gasteiger charge is -2.42. The van der Waals surface area contributed by atoms with Gasteiger partial charge in [0.25, 0.3) is 0 Å². The fourth-order valence-electron chi connectivity index (χ4n) is 6.41. The van der Waals surface area contributed by atoms with E-state index in [2.05, 4.69) is 31.9 Å². The van der Waals surface area contributed by atoms with Crippen LogP contribution in [0.4, 0.5) is 19.0 Å². The van der Waals surface area contributed by atoms with Crippen LogP contribution in [0.1, 0.15) is 49.5 Å². The number of hydrogen-bond acceptors (Lipinski definition) is 6. The van der Waals surface area contributed by atoms with E-state index in [-0.39, 0.29) is 11.1 Å². The Bertz CT molecular complexity index is 1500. The lowest BCUT2D eigenvalue weighted by atomic mass is 9.76. The van der Waals surface area contributed by atoms with Crippen LogP contribution in [0.25, 0.3) is 22.1 Å². The highest BCUT2D eigenvalue weighted by Gasteiger charge is 2.38. The smallest absolute Gasteiger partial charge is 0.391 e. The second-order valence-electron chi connectivity index (χ2n) is 11.2. The number of aliphatic hydroxyl groups is 1. The minimum Gasteiger partial charge on any atom is -0.391 e. The van der Waals surface area contributed by atoms with Gasteiger partial charge in [0, 0.05) is 25.2 Å². The molecule has 2 saturated carbocycles. The number of nitrogens with two attached hydrogens (primary N) is 1. The number of aryl methyl sites for hydroxylation is 1. The van der Waals surface area contributed by atoms with Gasteiger partial charge in [-0.1, -0.05) is 11.6 Å². The summed E-state index contributed by atoms with van der Waals surface area (Å²) in [6.45, 7) is 0.924. The van der Waals surface area contributed by atoms with E-state index in [0.717, 1.165) is 55.7 Å². The predicted molar refractivity (Wildman–Crippen MR) is 143 cm³/mol. The molecule has 2 aliphatic carbocycles. The quantitative estimate of drug-likeness (QED) is 0.285. The van der Waals surface area contributed by atoms with Gasteiger partial charge in [0.05, 0.1) is 39.2 Å². The lowest BCUT2D eigenvalue weighted by Crippen LogP contribution is -2.44. The highest BCUT2D eigenvalue weighted by Crippen LogP contribution is 2.40. The Labute approximate surface area is 228 Å². The highest BCUT2D eigenvalue weighted by molar-refractivity contribution is 6.32. The number of aromatic nitrogens is 5. The van der Waals surface area contributed by atoms with Crippen molar-refractivity contribution in [2.75, 3.05) is 19.3 Å². The van der Waals surface area contributed by atoms with Crippen molar-refractivity contribution in [2.24, 2.45) is 11.8 Å². The SMILES string of the molecule is CN(C[C@@H]1C[C@@H](O)[C@H](n2ccc3c(N)ncnc32)C1)C1CC(CCc2nc3cc(Cl)c(C(F)(F)F)cc3[nH]2)C1. The molecule has 4 aromatic rings. The molecule has 0 spiro atoms. The van der Waals surface area contributed by atoms with E-state index < -0.39 is 17.8 Å². The first-order valence-electron chi connectivity index (χ1n) is 13.3. The highest BCUT2D eigenvalue weighted by atomic mass is 35.5. The number of benzene rings is 1. The van der Waals surface area contributed by atoms with E-state index in [0.29, 0.717) is 47.0 Å². The third kappa shape index (κ3) is 5.07. The zero-order valence-electron chi connectivity index (χ0n) is 21.5. The molecule has 0 aliphatic heterocycles. The molecule has 12 heteroatoms. The van der Waals surface area contributed by atoms with E-state index in [1.165, 1.54) is 12.4 Å². The Hall–Kier alpha value is -2.89. The van der Waals surface area contributed by atoms with E-state index in [1.54, 1.807) is 0 Å². The van der Waals surface area contributed by atoms with Gasteiger partial charge in [-0.3, -0.25) is 0 Å². The maximum atomic E-state index is 13.1. The molecule has 3 heterocycles. The standard InChI is InChI=1S/C27H31ClF3N7O/c1-37(12-15-8-22(23(39)9-15)38-5-4-17-25(32)33-13-34-26(17)38)16-6-14(7-16)2-3-24-35-20-10-18(27(29,30)31)19(28)11-21(20)36-24/h4-5,10-11,13-16,22-23,39H,2-3,6-9,12H2,1H3,(H,35,36)(H2,32,33,34)/t14?,15-,16?,22+,23+/m0/s1. The maximum Gasteiger partial charge on any atom is 0.417 e. The fourth-order valence-corrected chi connectivity index (χ4v) is 6.68. The van der Waals surface area contributed by atoms with Crippen molar-refractivity contribution in [3.63, 3.8) is 0 Å². The average molecular weight is 562 g/mol. The van der Waals surface area contributed by atoms with E-state index in [1.807, 2.05) is 16.8 Å². The van der Waals surface area contributed by atoms with Crippen LogP contribution in [0.15, 0.2) is 30.7 Å².